The van der Waals surface area contributed by atoms with Crippen molar-refractivity contribution < 1.29 is 4.79 Å². The van der Waals surface area contributed by atoms with Gasteiger partial charge in [-0.1, -0.05) is 48.5 Å². The van der Waals surface area contributed by atoms with Gasteiger partial charge in [0.2, 0.25) is 0 Å². The summed E-state index contributed by atoms with van der Waals surface area (Å²) in [6.07, 6.45) is 3.02. The average Bonchev–Trinajstić information content (AvgIpc) is 2.41. The molecule has 2 rings (SSSR count). The number of carbonyl (C=O) groups is 1. The second-order valence-electron chi connectivity index (χ2n) is 4.36. The first-order valence-electron chi connectivity index (χ1n) is 6.15. The second-order valence-corrected chi connectivity index (χ2v) is 4.36. The number of hydrogen-bond donors (Lipinski definition) is 1. The molecule has 0 radical (unpaired) electrons. The van der Waals surface area contributed by atoms with E-state index in [9.17, 15) is 4.79 Å². The van der Waals surface area contributed by atoms with Crippen molar-refractivity contribution in [2.75, 3.05) is 5.73 Å². The van der Waals surface area contributed by atoms with Crippen molar-refractivity contribution in [3.05, 3.63) is 65.2 Å². The number of carbonyl (C=O) groups excluding carboxylic acids is 1. The molecule has 0 aliphatic carbocycles. The van der Waals surface area contributed by atoms with Gasteiger partial charge < -0.3 is 10.5 Å². The van der Waals surface area contributed by atoms with Gasteiger partial charge in [-0.15, -0.1) is 0 Å². The molecule has 2 aromatic carbocycles. The third-order valence-corrected chi connectivity index (χ3v) is 3.06. The molecule has 0 saturated carbocycles. The number of nitrogen functional groups attached to an aromatic ring is 1. The Kier molecular flexibility index (Phi) is 4.13. The Morgan fingerprint density at radius 1 is 0.944 bits per heavy atom. The summed E-state index contributed by atoms with van der Waals surface area (Å²) in [7, 11) is 0. The smallest absolute Gasteiger partial charge is 0.120 e. The highest BCUT2D eigenvalue weighted by molar-refractivity contribution is 5.57. The highest BCUT2D eigenvalue weighted by atomic mass is 16.1. The van der Waals surface area contributed by atoms with Gasteiger partial charge >= 0.3 is 0 Å². The minimum Gasteiger partial charge on any atom is -0.398 e. The van der Waals surface area contributed by atoms with Gasteiger partial charge in [-0.3, -0.25) is 0 Å². The Morgan fingerprint density at radius 3 is 2.39 bits per heavy atom. The van der Waals surface area contributed by atoms with Crippen molar-refractivity contribution in [1.82, 2.24) is 0 Å². The van der Waals surface area contributed by atoms with Crippen molar-refractivity contribution in [3.8, 4) is 0 Å². The van der Waals surface area contributed by atoms with Crippen LogP contribution < -0.4 is 5.73 Å². The molecule has 0 aromatic heterocycles. The monoisotopic (exact) mass is 239 g/mol. The van der Waals surface area contributed by atoms with Gasteiger partial charge in [0.1, 0.15) is 6.29 Å². The van der Waals surface area contributed by atoms with Gasteiger partial charge in [0.25, 0.3) is 0 Å². The van der Waals surface area contributed by atoms with E-state index in [1.165, 1.54) is 5.56 Å². The number of aldehydes is 1. The lowest BCUT2D eigenvalue weighted by Crippen LogP contribution is -2.01. The predicted molar refractivity (Wildman–Crippen MR) is 74.5 cm³/mol. The average molecular weight is 239 g/mol. The molecule has 0 amide bonds. The van der Waals surface area contributed by atoms with Crippen molar-refractivity contribution in [1.29, 1.82) is 0 Å². The summed E-state index contributed by atoms with van der Waals surface area (Å²) in [5.74, 6) is 0. The van der Waals surface area contributed by atoms with Crippen LogP contribution in [0.1, 0.15) is 23.1 Å². The summed E-state index contributed by atoms with van der Waals surface area (Å²) >= 11 is 0. The first-order chi connectivity index (χ1) is 8.81. The molecule has 2 N–H and O–H groups in total. The van der Waals surface area contributed by atoms with Crippen LogP contribution in [0.2, 0.25) is 0 Å². The van der Waals surface area contributed by atoms with Crippen LogP contribution in [0.4, 0.5) is 5.69 Å². The number of para-hydroxylation sites is 1. The minimum absolute atomic E-state index is 0.527. The number of rotatable bonds is 5. The molecule has 2 aromatic rings. The molecule has 0 unspecified atom stereocenters. The number of nitrogens with two attached hydrogens (primary N) is 1. The molecule has 2 nitrogen and oxygen atoms in total. The first kappa shape index (κ1) is 12.4. The van der Waals surface area contributed by atoms with E-state index in [-0.39, 0.29) is 0 Å². The first-order valence-corrected chi connectivity index (χ1v) is 6.15. The van der Waals surface area contributed by atoms with Crippen LogP contribution in [0.3, 0.4) is 0 Å². The van der Waals surface area contributed by atoms with E-state index in [2.05, 4.69) is 12.1 Å². The van der Waals surface area contributed by atoms with E-state index in [1.807, 2.05) is 36.4 Å². The van der Waals surface area contributed by atoms with Gasteiger partial charge in [0.15, 0.2) is 0 Å². The van der Waals surface area contributed by atoms with E-state index >= 15 is 0 Å². The van der Waals surface area contributed by atoms with Crippen LogP contribution in [0.5, 0.6) is 0 Å². The maximum atomic E-state index is 10.4. The lowest BCUT2D eigenvalue weighted by atomic mass is 9.98. The van der Waals surface area contributed by atoms with Gasteiger partial charge in [-0.2, -0.15) is 0 Å². The molecule has 0 bridgehead atoms. The lowest BCUT2D eigenvalue weighted by Gasteiger charge is -2.10. The van der Waals surface area contributed by atoms with Gasteiger partial charge in [-0.25, -0.2) is 0 Å². The van der Waals surface area contributed by atoms with Crippen molar-refractivity contribution in [2.45, 2.75) is 19.3 Å². The predicted octanol–water partition coefficient (Wildman–Crippen LogP) is 2.99. The molecular weight excluding hydrogens is 222 g/mol. The summed E-state index contributed by atoms with van der Waals surface area (Å²) in [5, 5.41) is 0. The van der Waals surface area contributed by atoms with Crippen LogP contribution in [0, 0.1) is 0 Å². The molecule has 2 heteroatoms. The van der Waals surface area contributed by atoms with Crippen LogP contribution in [0.15, 0.2) is 48.5 Å². The highest BCUT2D eigenvalue weighted by Gasteiger charge is 2.05. The third kappa shape index (κ3) is 2.98. The molecule has 0 aliphatic rings. The van der Waals surface area contributed by atoms with E-state index < -0.39 is 0 Å². The maximum Gasteiger partial charge on any atom is 0.120 e. The van der Waals surface area contributed by atoms with Crippen LogP contribution in [0.25, 0.3) is 0 Å². The molecule has 0 fully saturated rings. The summed E-state index contributed by atoms with van der Waals surface area (Å²) in [4.78, 5) is 10.4. The Hall–Kier alpha value is -2.09. The van der Waals surface area contributed by atoms with Gasteiger partial charge in [-0.05, 0) is 29.5 Å². The standard InChI is InChI=1S/C16H17NO/c17-16-14(10-5-11-18)8-4-9-15(16)12-13-6-2-1-3-7-13/h1-4,6-9,11H,5,10,12,17H2. The Bertz CT molecular complexity index is 520. The molecule has 92 valence electrons. The zero-order valence-electron chi connectivity index (χ0n) is 10.3. The number of hydrogen-bond acceptors (Lipinski definition) is 2. The van der Waals surface area contributed by atoms with E-state index in [4.69, 9.17) is 5.73 Å². The zero-order chi connectivity index (χ0) is 12.8. The SMILES string of the molecule is Nc1c(CCC=O)cccc1Cc1ccccc1. The molecule has 0 saturated heterocycles. The van der Waals surface area contributed by atoms with E-state index in [0.29, 0.717) is 6.42 Å². The van der Waals surface area contributed by atoms with E-state index in [1.54, 1.807) is 0 Å². The Labute approximate surface area is 107 Å². The second kappa shape index (κ2) is 6.01. The van der Waals surface area contributed by atoms with Gasteiger partial charge in [0.05, 0.1) is 0 Å². The fourth-order valence-corrected chi connectivity index (χ4v) is 2.07. The Morgan fingerprint density at radius 2 is 1.67 bits per heavy atom. The summed E-state index contributed by atoms with van der Waals surface area (Å²) in [6, 6.07) is 16.3. The largest absolute Gasteiger partial charge is 0.398 e. The van der Waals surface area contributed by atoms with Crippen molar-refractivity contribution in [3.63, 3.8) is 0 Å². The molecule has 0 aliphatic heterocycles. The molecule has 0 atom stereocenters. The Balaban J connectivity index is 2.20. The quantitative estimate of drug-likeness (QED) is 0.644. The molecule has 18 heavy (non-hydrogen) atoms. The highest BCUT2D eigenvalue weighted by Crippen LogP contribution is 2.21. The summed E-state index contributed by atoms with van der Waals surface area (Å²) < 4.78 is 0. The van der Waals surface area contributed by atoms with Crippen molar-refractivity contribution in [2.24, 2.45) is 0 Å². The minimum atomic E-state index is 0.527. The molecule has 0 spiro atoms. The number of anilines is 1. The van der Waals surface area contributed by atoms with Crippen LogP contribution >= 0.6 is 0 Å². The topological polar surface area (TPSA) is 43.1 Å². The zero-order valence-corrected chi connectivity index (χ0v) is 10.3. The van der Waals surface area contributed by atoms with E-state index in [0.717, 1.165) is 35.9 Å². The number of aryl methyl sites for hydroxylation is 1. The summed E-state index contributed by atoms with van der Waals surface area (Å²) in [5.41, 5.74) is 10.4. The maximum absolute atomic E-state index is 10.4. The normalized spacial score (nSPS) is 10.2. The fraction of sp³-hybridized carbons (Fsp3) is 0.188. The fourth-order valence-electron chi connectivity index (χ4n) is 2.07. The third-order valence-electron chi connectivity index (χ3n) is 3.06. The molecule has 0 heterocycles. The van der Waals surface area contributed by atoms with Gasteiger partial charge in [0, 0.05) is 12.1 Å². The van der Waals surface area contributed by atoms with Crippen LogP contribution in [-0.4, -0.2) is 6.29 Å². The lowest BCUT2D eigenvalue weighted by molar-refractivity contribution is -0.107. The molecular formula is C16H17NO. The summed E-state index contributed by atoms with van der Waals surface area (Å²) in [6.45, 7) is 0. The van der Waals surface area contributed by atoms with Crippen LogP contribution in [-0.2, 0) is 17.6 Å². The number of benzene rings is 2. The van der Waals surface area contributed by atoms with Crippen molar-refractivity contribution >= 4 is 12.0 Å².